The summed E-state index contributed by atoms with van der Waals surface area (Å²) < 4.78 is 5.67. The molecule has 1 aliphatic rings. The van der Waals surface area contributed by atoms with E-state index in [0.29, 0.717) is 10.0 Å². The Morgan fingerprint density at radius 2 is 1.97 bits per heavy atom. The zero-order chi connectivity index (χ0) is 22.7. The molecular weight excluding hydrogens is 448 g/mol. The van der Waals surface area contributed by atoms with Crippen molar-refractivity contribution in [1.82, 2.24) is 10.3 Å². The number of ether oxygens (including phenoxy) is 1. The summed E-state index contributed by atoms with van der Waals surface area (Å²) in [6, 6.07) is 7.62. The summed E-state index contributed by atoms with van der Waals surface area (Å²) >= 11 is 2.51. The number of fused-ring (bicyclic) bond motifs is 1. The summed E-state index contributed by atoms with van der Waals surface area (Å²) in [5.74, 6) is -0.271. The highest BCUT2D eigenvalue weighted by molar-refractivity contribution is 7.20. The van der Waals surface area contributed by atoms with E-state index in [1.54, 1.807) is 18.4 Å². The van der Waals surface area contributed by atoms with Gasteiger partial charge in [-0.25, -0.2) is 9.78 Å². The topological polar surface area (TPSA) is 101 Å². The standard InChI is InChI=1S/C22H24N4O4S2/c1-3-30-22(29)25-18(27)15-8-11-31-20(15)24-19(28)21-23-16-5-4-14(12-17(16)32-21)26-9-6-13(2)7-10-26/h4-5,8,11-13H,3,6-7,9-10H2,1-2H3,(H,24,28)(H,25,27,29). The van der Waals surface area contributed by atoms with Gasteiger partial charge in [0.1, 0.15) is 5.00 Å². The van der Waals surface area contributed by atoms with Gasteiger partial charge in [0, 0.05) is 18.8 Å². The van der Waals surface area contributed by atoms with Gasteiger partial charge in [-0.15, -0.1) is 22.7 Å². The number of hydrogen-bond acceptors (Lipinski definition) is 8. The van der Waals surface area contributed by atoms with Crippen LogP contribution in [0.2, 0.25) is 0 Å². The fourth-order valence-electron chi connectivity index (χ4n) is 3.54. The van der Waals surface area contributed by atoms with Crippen molar-refractivity contribution in [1.29, 1.82) is 0 Å². The van der Waals surface area contributed by atoms with Crippen LogP contribution in [-0.2, 0) is 4.74 Å². The predicted octanol–water partition coefficient (Wildman–Crippen LogP) is 4.73. The zero-order valence-corrected chi connectivity index (χ0v) is 19.5. The third-order valence-electron chi connectivity index (χ3n) is 5.34. The Balaban J connectivity index is 1.47. The first-order chi connectivity index (χ1) is 15.4. The van der Waals surface area contributed by atoms with Crippen molar-refractivity contribution >= 4 is 61.5 Å². The summed E-state index contributed by atoms with van der Waals surface area (Å²) in [4.78, 5) is 43.5. The maximum absolute atomic E-state index is 12.8. The molecule has 3 aromatic rings. The van der Waals surface area contributed by atoms with Crippen molar-refractivity contribution in [3.63, 3.8) is 0 Å². The molecule has 8 nitrogen and oxygen atoms in total. The number of carbonyl (C=O) groups is 3. The molecule has 10 heteroatoms. The van der Waals surface area contributed by atoms with E-state index in [-0.39, 0.29) is 12.2 Å². The summed E-state index contributed by atoms with van der Waals surface area (Å²) in [5, 5.41) is 7.20. The third-order valence-corrected chi connectivity index (χ3v) is 7.19. The van der Waals surface area contributed by atoms with Crippen LogP contribution in [0.4, 0.5) is 15.5 Å². The van der Waals surface area contributed by atoms with Crippen LogP contribution in [0.3, 0.4) is 0 Å². The second-order valence-electron chi connectivity index (χ2n) is 7.63. The van der Waals surface area contributed by atoms with Crippen LogP contribution in [-0.4, -0.2) is 42.6 Å². The minimum atomic E-state index is -0.828. The third kappa shape index (κ3) is 4.91. The van der Waals surface area contributed by atoms with E-state index in [1.165, 1.54) is 35.5 Å². The SMILES string of the molecule is CCOC(=O)NC(=O)c1ccsc1NC(=O)c1nc2ccc(N3CCC(C)CC3)cc2s1. The van der Waals surface area contributed by atoms with Gasteiger partial charge in [0.05, 0.1) is 22.4 Å². The molecule has 168 valence electrons. The molecule has 2 N–H and O–H groups in total. The highest BCUT2D eigenvalue weighted by Crippen LogP contribution is 2.31. The van der Waals surface area contributed by atoms with Crippen molar-refractivity contribution in [2.45, 2.75) is 26.7 Å². The average Bonchev–Trinajstić information content (AvgIpc) is 3.40. The second-order valence-corrected chi connectivity index (χ2v) is 9.58. The second kappa shape index (κ2) is 9.66. The number of anilines is 2. The maximum atomic E-state index is 12.8. The van der Waals surface area contributed by atoms with Crippen LogP contribution in [0, 0.1) is 5.92 Å². The molecule has 0 unspecified atom stereocenters. The largest absolute Gasteiger partial charge is 0.450 e. The number of piperidine rings is 1. The summed E-state index contributed by atoms with van der Waals surface area (Å²) in [7, 11) is 0. The Labute approximate surface area is 193 Å². The summed E-state index contributed by atoms with van der Waals surface area (Å²) in [6.45, 7) is 6.16. The highest BCUT2D eigenvalue weighted by atomic mass is 32.1. The van der Waals surface area contributed by atoms with E-state index in [0.717, 1.165) is 34.9 Å². The van der Waals surface area contributed by atoms with Gasteiger partial charge in [0.2, 0.25) is 0 Å². The van der Waals surface area contributed by atoms with Gasteiger partial charge in [-0.1, -0.05) is 6.92 Å². The molecule has 0 aliphatic carbocycles. The Kier molecular flexibility index (Phi) is 6.71. The maximum Gasteiger partial charge on any atom is 0.414 e. The van der Waals surface area contributed by atoms with E-state index >= 15 is 0 Å². The van der Waals surface area contributed by atoms with E-state index in [4.69, 9.17) is 4.74 Å². The summed E-state index contributed by atoms with van der Waals surface area (Å²) in [5.41, 5.74) is 2.11. The molecule has 3 heterocycles. The van der Waals surface area contributed by atoms with Gasteiger partial charge in [0.15, 0.2) is 5.01 Å². The molecule has 0 saturated carbocycles. The lowest BCUT2D eigenvalue weighted by molar-refractivity contribution is 0.0926. The lowest BCUT2D eigenvalue weighted by Crippen LogP contribution is -2.32. The minimum Gasteiger partial charge on any atom is -0.450 e. The van der Waals surface area contributed by atoms with Crippen LogP contribution in [0.1, 0.15) is 46.8 Å². The predicted molar refractivity (Wildman–Crippen MR) is 127 cm³/mol. The number of aromatic nitrogens is 1. The molecule has 32 heavy (non-hydrogen) atoms. The molecule has 4 rings (SSSR count). The van der Waals surface area contributed by atoms with Crippen LogP contribution in [0.25, 0.3) is 10.2 Å². The monoisotopic (exact) mass is 472 g/mol. The van der Waals surface area contributed by atoms with E-state index in [9.17, 15) is 14.4 Å². The Hall–Kier alpha value is -2.98. The van der Waals surface area contributed by atoms with Crippen molar-refractivity contribution in [2.24, 2.45) is 5.92 Å². The van der Waals surface area contributed by atoms with Crippen LogP contribution in [0.15, 0.2) is 29.6 Å². The van der Waals surface area contributed by atoms with Crippen LogP contribution in [0.5, 0.6) is 0 Å². The number of nitrogens with zero attached hydrogens (tertiary/aromatic N) is 2. The van der Waals surface area contributed by atoms with Gasteiger partial charge in [-0.2, -0.15) is 0 Å². The number of nitrogens with one attached hydrogen (secondary N) is 2. The van der Waals surface area contributed by atoms with E-state index in [2.05, 4.69) is 39.6 Å². The Morgan fingerprint density at radius 1 is 1.19 bits per heavy atom. The lowest BCUT2D eigenvalue weighted by atomic mass is 9.99. The first-order valence-electron chi connectivity index (χ1n) is 10.5. The van der Waals surface area contributed by atoms with Gasteiger partial charge in [-0.3, -0.25) is 14.9 Å². The molecule has 0 atom stereocenters. The van der Waals surface area contributed by atoms with Crippen molar-refractivity contribution in [2.75, 3.05) is 29.9 Å². The van der Waals surface area contributed by atoms with Crippen molar-refractivity contribution in [3.05, 3.63) is 40.2 Å². The van der Waals surface area contributed by atoms with E-state index < -0.39 is 17.9 Å². The van der Waals surface area contributed by atoms with Gasteiger partial charge >= 0.3 is 6.09 Å². The van der Waals surface area contributed by atoms with Gasteiger partial charge in [0.25, 0.3) is 11.8 Å². The number of thiazole rings is 1. The van der Waals surface area contributed by atoms with Gasteiger partial charge < -0.3 is 15.0 Å². The number of carbonyl (C=O) groups excluding carboxylic acids is 3. The molecule has 0 bridgehead atoms. The fourth-order valence-corrected chi connectivity index (χ4v) is 5.22. The highest BCUT2D eigenvalue weighted by Gasteiger charge is 2.21. The summed E-state index contributed by atoms with van der Waals surface area (Å²) in [6.07, 6.45) is 1.54. The number of amides is 3. The van der Waals surface area contributed by atoms with Crippen molar-refractivity contribution in [3.8, 4) is 0 Å². The zero-order valence-electron chi connectivity index (χ0n) is 17.8. The number of imide groups is 1. The molecule has 1 saturated heterocycles. The first kappa shape index (κ1) is 22.2. The molecule has 1 aromatic carbocycles. The number of alkyl carbamates (subject to hydrolysis) is 1. The van der Waals surface area contributed by atoms with Crippen molar-refractivity contribution < 1.29 is 19.1 Å². The van der Waals surface area contributed by atoms with E-state index in [1.807, 2.05) is 6.07 Å². The smallest absolute Gasteiger partial charge is 0.414 e. The van der Waals surface area contributed by atoms with Crippen LogP contribution < -0.4 is 15.5 Å². The minimum absolute atomic E-state index is 0.155. The Bertz CT molecular complexity index is 1150. The quantitative estimate of drug-likeness (QED) is 0.557. The molecular formula is C22H24N4O4S2. The number of thiophene rings is 1. The number of hydrogen-bond donors (Lipinski definition) is 2. The van der Waals surface area contributed by atoms with Gasteiger partial charge in [-0.05, 0) is 55.3 Å². The molecule has 0 radical (unpaired) electrons. The fraction of sp³-hybridized carbons (Fsp3) is 0.364. The molecule has 0 spiro atoms. The molecule has 1 aliphatic heterocycles. The molecule has 3 amide bonds. The lowest BCUT2D eigenvalue weighted by Gasteiger charge is -2.32. The first-order valence-corrected chi connectivity index (χ1v) is 12.2. The normalized spacial score (nSPS) is 14.4. The number of benzene rings is 1. The average molecular weight is 473 g/mol. The molecule has 1 fully saturated rings. The Morgan fingerprint density at radius 3 is 2.72 bits per heavy atom. The number of rotatable bonds is 5. The van der Waals surface area contributed by atoms with Crippen LogP contribution >= 0.6 is 22.7 Å². The molecule has 2 aromatic heterocycles.